The fourth-order valence-corrected chi connectivity index (χ4v) is 2.84. The van der Waals surface area contributed by atoms with Gasteiger partial charge in [0.05, 0.1) is 5.71 Å². The molecule has 2 aliphatic rings. The second kappa shape index (κ2) is 4.81. The summed E-state index contributed by atoms with van der Waals surface area (Å²) in [5.41, 5.74) is 1.24. The lowest BCUT2D eigenvalue weighted by molar-refractivity contribution is 0.0373. The number of halogens is 1. The Morgan fingerprint density at radius 3 is 2.89 bits per heavy atom. The van der Waals surface area contributed by atoms with Gasteiger partial charge in [-0.3, -0.25) is 0 Å². The highest BCUT2D eigenvalue weighted by molar-refractivity contribution is 6.04. The van der Waals surface area contributed by atoms with E-state index in [1.807, 2.05) is 0 Å². The first kappa shape index (κ1) is 12.4. The number of ether oxygens (including phenoxy) is 1. The van der Waals surface area contributed by atoms with Crippen LogP contribution < -0.4 is 10.1 Å². The first-order valence-electron chi connectivity index (χ1n) is 6.52. The number of hydrogen-bond acceptors (Lipinski definition) is 4. The summed E-state index contributed by atoms with van der Waals surface area (Å²) >= 11 is 0. The summed E-state index contributed by atoms with van der Waals surface area (Å²) in [7, 11) is 1.51. The summed E-state index contributed by atoms with van der Waals surface area (Å²) in [4.78, 5) is 4.91. The molecular formula is C14H17FN2O2. The molecule has 1 spiro atoms. The van der Waals surface area contributed by atoms with Crippen molar-refractivity contribution >= 4 is 5.71 Å². The van der Waals surface area contributed by atoms with Gasteiger partial charge in [-0.05, 0) is 31.3 Å². The van der Waals surface area contributed by atoms with E-state index in [0.29, 0.717) is 17.7 Å². The molecule has 4 nitrogen and oxygen atoms in total. The number of rotatable bonds is 1. The third kappa shape index (κ3) is 2.30. The van der Waals surface area contributed by atoms with Crippen LogP contribution in [0.5, 0.6) is 5.75 Å². The van der Waals surface area contributed by atoms with Gasteiger partial charge in [-0.2, -0.15) is 0 Å². The van der Waals surface area contributed by atoms with Crippen molar-refractivity contribution in [2.45, 2.75) is 24.9 Å². The SMILES string of the molecule is CO/N=C1\CC2(CCNCC2)Oc2ccc(F)cc21. The topological polar surface area (TPSA) is 42.8 Å². The minimum absolute atomic E-state index is 0.229. The highest BCUT2D eigenvalue weighted by Crippen LogP contribution is 2.38. The van der Waals surface area contributed by atoms with Gasteiger partial charge in [0.15, 0.2) is 0 Å². The summed E-state index contributed by atoms with van der Waals surface area (Å²) in [5, 5.41) is 7.39. The standard InChI is InChI=1S/C14H17FN2O2/c1-18-17-12-9-14(4-6-16-7-5-14)19-13-3-2-10(15)8-11(12)13/h2-3,8,16H,4-7,9H2,1H3/b17-12+. The van der Waals surface area contributed by atoms with Crippen LogP contribution in [0.3, 0.4) is 0 Å². The molecule has 0 aliphatic carbocycles. The van der Waals surface area contributed by atoms with Crippen molar-refractivity contribution in [1.29, 1.82) is 0 Å². The quantitative estimate of drug-likeness (QED) is 0.790. The van der Waals surface area contributed by atoms with Gasteiger partial charge in [-0.15, -0.1) is 0 Å². The molecule has 19 heavy (non-hydrogen) atoms. The molecule has 5 heteroatoms. The molecule has 2 aliphatic heterocycles. The first-order chi connectivity index (χ1) is 9.22. The molecule has 0 unspecified atom stereocenters. The Morgan fingerprint density at radius 2 is 2.16 bits per heavy atom. The largest absolute Gasteiger partial charge is 0.486 e. The van der Waals surface area contributed by atoms with Crippen LogP contribution in [0.1, 0.15) is 24.8 Å². The van der Waals surface area contributed by atoms with Gasteiger partial charge in [0.2, 0.25) is 0 Å². The molecule has 1 aromatic rings. The van der Waals surface area contributed by atoms with Crippen molar-refractivity contribution in [3.63, 3.8) is 0 Å². The summed E-state index contributed by atoms with van der Waals surface area (Å²) in [6.07, 6.45) is 2.51. The van der Waals surface area contributed by atoms with Crippen LogP contribution in [0, 0.1) is 5.82 Å². The van der Waals surface area contributed by atoms with Gasteiger partial charge >= 0.3 is 0 Å². The molecule has 102 valence electrons. The number of fused-ring (bicyclic) bond motifs is 1. The Bertz CT molecular complexity index is 510. The minimum atomic E-state index is -0.285. The fraction of sp³-hybridized carbons (Fsp3) is 0.500. The maximum Gasteiger partial charge on any atom is 0.129 e. The first-order valence-corrected chi connectivity index (χ1v) is 6.52. The van der Waals surface area contributed by atoms with E-state index in [1.165, 1.54) is 19.2 Å². The second-order valence-corrected chi connectivity index (χ2v) is 5.07. The van der Waals surface area contributed by atoms with Crippen LogP contribution in [0.4, 0.5) is 4.39 Å². The van der Waals surface area contributed by atoms with Gasteiger partial charge in [0, 0.05) is 24.8 Å². The molecular weight excluding hydrogens is 247 g/mol. The minimum Gasteiger partial charge on any atom is -0.486 e. The Hall–Kier alpha value is -1.62. The van der Waals surface area contributed by atoms with E-state index in [1.54, 1.807) is 6.07 Å². The summed E-state index contributed by atoms with van der Waals surface area (Å²) in [6, 6.07) is 4.56. The number of hydrogen-bond donors (Lipinski definition) is 1. The van der Waals surface area contributed by atoms with Gasteiger partial charge in [0.25, 0.3) is 0 Å². The summed E-state index contributed by atoms with van der Waals surface area (Å²) < 4.78 is 19.5. The molecule has 0 bridgehead atoms. The fourth-order valence-electron chi connectivity index (χ4n) is 2.84. The number of piperidine rings is 1. The van der Waals surface area contributed by atoms with E-state index in [-0.39, 0.29) is 11.4 Å². The average Bonchev–Trinajstić information content (AvgIpc) is 2.41. The van der Waals surface area contributed by atoms with Gasteiger partial charge in [0.1, 0.15) is 24.3 Å². The van der Waals surface area contributed by atoms with E-state index in [9.17, 15) is 4.39 Å². The normalized spacial score (nSPS) is 22.9. The second-order valence-electron chi connectivity index (χ2n) is 5.07. The lowest BCUT2D eigenvalue weighted by atomic mass is 9.82. The molecule has 1 saturated heterocycles. The van der Waals surface area contributed by atoms with Crippen molar-refractivity contribution in [1.82, 2.24) is 5.32 Å². The van der Waals surface area contributed by atoms with Crippen molar-refractivity contribution in [2.75, 3.05) is 20.2 Å². The Labute approximate surface area is 111 Å². The van der Waals surface area contributed by atoms with E-state index < -0.39 is 0 Å². The molecule has 0 radical (unpaired) electrons. The molecule has 0 saturated carbocycles. The number of benzene rings is 1. The number of nitrogens with zero attached hydrogens (tertiary/aromatic N) is 1. The Balaban J connectivity index is 2.01. The summed E-state index contributed by atoms with van der Waals surface area (Å²) in [6.45, 7) is 1.85. The van der Waals surface area contributed by atoms with Gasteiger partial charge in [-0.1, -0.05) is 5.16 Å². The predicted octanol–water partition coefficient (Wildman–Crippen LogP) is 2.08. The number of oxime groups is 1. The zero-order chi connectivity index (χ0) is 13.3. The van der Waals surface area contributed by atoms with Crippen molar-refractivity contribution in [3.05, 3.63) is 29.6 Å². The highest BCUT2D eigenvalue weighted by atomic mass is 19.1. The Kier molecular flexibility index (Phi) is 3.14. The van der Waals surface area contributed by atoms with Crippen LogP contribution >= 0.6 is 0 Å². The van der Waals surface area contributed by atoms with Gasteiger partial charge < -0.3 is 14.9 Å². The van der Waals surface area contributed by atoms with Crippen LogP contribution in [0.2, 0.25) is 0 Å². The lowest BCUT2D eigenvalue weighted by Gasteiger charge is -2.41. The van der Waals surface area contributed by atoms with Crippen molar-refractivity contribution in [3.8, 4) is 5.75 Å². The summed E-state index contributed by atoms with van der Waals surface area (Å²) in [5.74, 6) is 0.415. The maximum atomic E-state index is 13.4. The zero-order valence-electron chi connectivity index (χ0n) is 10.9. The van der Waals surface area contributed by atoms with E-state index in [2.05, 4.69) is 10.5 Å². The smallest absolute Gasteiger partial charge is 0.129 e. The molecule has 1 N–H and O–H groups in total. The molecule has 1 aromatic carbocycles. The molecule has 2 heterocycles. The third-order valence-electron chi connectivity index (χ3n) is 3.78. The molecule has 3 rings (SSSR count). The van der Waals surface area contributed by atoms with Crippen LogP contribution in [-0.2, 0) is 4.84 Å². The van der Waals surface area contributed by atoms with Gasteiger partial charge in [-0.25, -0.2) is 4.39 Å². The zero-order valence-corrected chi connectivity index (χ0v) is 10.9. The van der Waals surface area contributed by atoms with Crippen LogP contribution in [0.25, 0.3) is 0 Å². The van der Waals surface area contributed by atoms with E-state index >= 15 is 0 Å². The molecule has 1 fully saturated rings. The third-order valence-corrected chi connectivity index (χ3v) is 3.78. The van der Waals surface area contributed by atoms with Crippen molar-refractivity contribution < 1.29 is 14.0 Å². The predicted molar refractivity (Wildman–Crippen MR) is 70.0 cm³/mol. The maximum absolute atomic E-state index is 13.4. The number of nitrogens with one attached hydrogen (secondary N) is 1. The lowest BCUT2D eigenvalue weighted by Crippen LogP contribution is -2.49. The van der Waals surface area contributed by atoms with Crippen molar-refractivity contribution in [2.24, 2.45) is 5.16 Å². The molecule has 0 amide bonds. The molecule has 0 aromatic heterocycles. The average molecular weight is 264 g/mol. The monoisotopic (exact) mass is 264 g/mol. The van der Waals surface area contributed by atoms with Crippen LogP contribution in [0.15, 0.2) is 23.4 Å². The van der Waals surface area contributed by atoms with E-state index in [0.717, 1.165) is 31.6 Å². The molecule has 0 atom stereocenters. The Morgan fingerprint density at radius 1 is 1.37 bits per heavy atom. The van der Waals surface area contributed by atoms with E-state index in [4.69, 9.17) is 9.57 Å². The van der Waals surface area contributed by atoms with Crippen LogP contribution in [-0.4, -0.2) is 31.5 Å². The highest BCUT2D eigenvalue weighted by Gasteiger charge is 2.40.